The van der Waals surface area contributed by atoms with Gasteiger partial charge in [-0.2, -0.15) is 0 Å². The Labute approximate surface area is 159 Å². The fraction of sp³-hybridized carbons (Fsp3) is 0.0870. The van der Waals surface area contributed by atoms with Crippen LogP contribution < -0.4 is 14.2 Å². The topological polar surface area (TPSA) is 40.0 Å². The van der Waals surface area contributed by atoms with E-state index in [1.165, 1.54) is 0 Å². The van der Waals surface area contributed by atoms with Gasteiger partial charge in [-0.3, -0.25) is 0 Å². The van der Waals surface area contributed by atoms with E-state index in [9.17, 15) is 0 Å². The van der Waals surface area contributed by atoms with Gasteiger partial charge in [-0.15, -0.1) is 0 Å². The molecule has 27 heavy (non-hydrogen) atoms. The summed E-state index contributed by atoms with van der Waals surface area (Å²) in [5.41, 5.74) is 1.55. The summed E-state index contributed by atoms with van der Waals surface area (Å²) in [5, 5.41) is 0. The highest BCUT2D eigenvalue weighted by Gasteiger charge is 2.08. The molecule has 0 heterocycles. The largest absolute Gasteiger partial charge is 0.497 e. The summed E-state index contributed by atoms with van der Waals surface area (Å²) in [6.07, 6.45) is 1.64. The van der Waals surface area contributed by atoms with E-state index in [0.29, 0.717) is 17.4 Å². The molecule has 0 fully saturated rings. The molecule has 4 nitrogen and oxygen atoms in total. The lowest BCUT2D eigenvalue weighted by molar-refractivity contribution is 0.411. The van der Waals surface area contributed by atoms with Gasteiger partial charge in [-0.25, -0.2) is 4.99 Å². The molecular weight excluding hydrogens is 338 g/mol. The van der Waals surface area contributed by atoms with Gasteiger partial charge in [0.2, 0.25) is 5.90 Å². The van der Waals surface area contributed by atoms with Crippen molar-refractivity contribution >= 4 is 11.6 Å². The van der Waals surface area contributed by atoms with Crippen LogP contribution in [0.25, 0.3) is 0 Å². The second-order valence-corrected chi connectivity index (χ2v) is 5.77. The SMILES string of the molecule is COc1cccc(OC(=Nc2ccccc2)/C(C)=C/Oc2ccccc2)c1. The molecule has 3 rings (SSSR count). The Bertz CT molecular complexity index is 919. The lowest BCUT2D eigenvalue weighted by Gasteiger charge is -2.11. The highest BCUT2D eigenvalue weighted by atomic mass is 16.5. The van der Waals surface area contributed by atoms with Gasteiger partial charge in [-0.1, -0.05) is 42.5 Å². The van der Waals surface area contributed by atoms with E-state index < -0.39 is 0 Å². The van der Waals surface area contributed by atoms with Gasteiger partial charge in [0.05, 0.1) is 19.1 Å². The lowest BCUT2D eigenvalue weighted by Crippen LogP contribution is -2.11. The smallest absolute Gasteiger partial charge is 0.225 e. The molecule has 0 saturated carbocycles. The number of para-hydroxylation sites is 2. The van der Waals surface area contributed by atoms with Gasteiger partial charge in [0.15, 0.2) is 0 Å². The summed E-state index contributed by atoms with van der Waals surface area (Å²) in [5.74, 6) is 2.55. The Kier molecular flexibility index (Phi) is 6.26. The van der Waals surface area contributed by atoms with Crippen molar-refractivity contribution in [1.29, 1.82) is 0 Å². The maximum Gasteiger partial charge on any atom is 0.225 e. The third-order valence-electron chi connectivity index (χ3n) is 3.69. The zero-order chi connectivity index (χ0) is 18.9. The van der Waals surface area contributed by atoms with E-state index in [0.717, 1.165) is 17.0 Å². The van der Waals surface area contributed by atoms with E-state index in [2.05, 4.69) is 4.99 Å². The minimum Gasteiger partial charge on any atom is -0.497 e. The van der Waals surface area contributed by atoms with E-state index in [-0.39, 0.29) is 0 Å². The van der Waals surface area contributed by atoms with E-state index in [1.807, 2.05) is 91.9 Å². The Morgan fingerprint density at radius 3 is 2.11 bits per heavy atom. The van der Waals surface area contributed by atoms with Crippen molar-refractivity contribution in [3.63, 3.8) is 0 Å². The van der Waals surface area contributed by atoms with Crippen LogP contribution in [0.5, 0.6) is 17.2 Å². The molecule has 136 valence electrons. The van der Waals surface area contributed by atoms with Crippen LogP contribution in [0.4, 0.5) is 5.69 Å². The lowest BCUT2D eigenvalue weighted by atomic mass is 10.3. The van der Waals surface area contributed by atoms with Gasteiger partial charge in [0.25, 0.3) is 0 Å². The predicted molar refractivity (Wildman–Crippen MR) is 108 cm³/mol. The zero-order valence-corrected chi connectivity index (χ0v) is 15.3. The average molecular weight is 359 g/mol. The van der Waals surface area contributed by atoms with Crippen molar-refractivity contribution in [2.24, 2.45) is 4.99 Å². The summed E-state index contributed by atoms with van der Waals surface area (Å²) in [4.78, 5) is 4.63. The molecule has 4 heteroatoms. The molecule has 0 aromatic heterocycles. The van der Waals surface area contributed by atoms with E-state index in [1.54, 1.807) is 13.4 Å². The molecule has 0 bridgehead atoms. The van der Waals surface area contributed by atoms with Crippen LogP contribution in [0, 0.1) is 0 Å². The van der Waals surface area contributed by atoms with Crippen LogP contribution in [0.1, 0.15) is 6.92 Å². The summed E-state index contributed by atoms with van der Waals surface area (Å²) >= 11 is 0. The van der Waals surface area contributed by atoms with Crippen LogP contribution in [-0.4, -0.2) is 13.0 Å². The number of methoxy groups -OCH3 is 1. The molecule has 0 aliphatic heterocycles. The number of rotatable bonds is 6. The monoisotopic (exact) mass is 359 g/mol. The molecular formula is C23H21NO3. The van der Waals surface area contributed by atoms with Crippen molar-refractivity contribution in [2.75, 3.05) is 7.11 Å². The average Bonchev–Trinajstić information content (AvgIpc) is 2.73. The van der Waals surface area contributed by atoms with E-state index >= 15 is 0 Å². The van der Waals surface area contributed by atoms with Crippen LogP contribution in [0.3, 0.4) is 0 Å². The van der Waals surface area contributed by atoms with E-state index in [4.69, 9.17) is 14.2 Å². The van der Waals surface area contributed by atoms with Crippen molar-refractivity contribution < 1.29 is 14.2 Å². The molecule has 0 spiro atoms. The minimum absolute atomic E-state index is 0.449. The van der Waals surface area contributed by atoms with Crippen LogP contribution >= 0.6 is 0 Å². The molecule has 0 amide bonds. The number of hydrogen-bond acceptors (Lipinski definition) is 4. The first-order chi connectivity index (χ1) is 13.2. The van der Waals surface area contributed by atoms with Crippen molar-refractivity contribution in [2.45, 2.75) is 6.92 Å². The standard InChI is InChI=1S/C23H21NO3/c1-18(17-26-20-12-7-4-8-13-20)23(24-19-10-5-3-6-11-19)27-22-15-9-14-21(16-22)25-2/h3-17H,1-2H3/b18-17+,24-23?. The molecule has 3 aromatic rings. The predicted octanol–water partition coefficient (Wildman–Crippen LogP) is 5.79. The maximum absolute atomic E-state index is 6.03. The van der Waals surface area contributed by atoms with Gasteiger partial charge in [0.1, 0.15) is 17.2 Å². The second-order valence-electron chi connectivity index (χ2n) is 5.77. The highest BCUT2D eigenvalue weighted by Crippen LogP contribution is 2.22. The fourth-order valence-electron chi connectivity index (χ4n) is 2.29. The molecule has 0 radical (unpaired) electrons. The van der Waals surface area contributed by atoms with Gasteiger partial charge >= 0.3 is 0 Å². The summed E-state index contributed by atoms with van der Waals surface area (Å²) in [6.45, 7) is 1.89. The van der Waals surface area contributed by atoms with Crippen molar-refractivity contribution in [1.82, 2.24) is 0 Å². The van der Waals surface area contributed by atoms with Gasteiger partial charge in [-0.05, 0) is 43.3 Å². The van der Waals surface area contributed by atoms with Crippen molar-refractivity contribution in [3.8, 4) is 17.2 Å². The number of benzene rings is 3. The molecule has 0 aliphatic rings. The number of aliphatic imine (C=N–C) groups is 1. The molecule has 0 N–H and O–H groups in total. The summed E-state index contributed by atoms with van der Waals surface area (Å²) < 4.78 is 17.0. The number of ether oxygens (including phenoxy) is 3. The third-order valence-corrected chi connectivity index (χ3v) is 3.69. The maximum atomic E-state index is 6.03. The number of nitrogens with zero attached hydrogens (tertiary/aromatic N) is 1. The molecule has 0 saturated heterocycles. The Balaban J connectivity index is 1.88. The van der Waals surface area contributed by atoms with Crippen LogP contribution in [-0.2, 0) is 0 Å². The fourth-order valence-corrected chi connectivity index (χ4v) is 2.29. The first-order valence-corrected chi connectivity index (χ1v) is 8.59. The third kappa shape index (κ3) is 5.47. The normalized spacial score (nSPS) is 11.8. The molecule has 3 aromatic carbocycles. The van der Waals surface area contributed by atoms with Gasteiger partial charge < -0.3 is 14.2 Å². The highest BCUT2D eigenvalue weighted by molar-refractivity contribution is 5.96. The number of hydrogen-bond donors (Lipinski definition) is 0. The summed E-state index contributed by atoms with van der Waals surface area (Å²) in [6, 6.07) is 26.6. The first kappa shape index (κ1) is 18.3. The van der Waals surface area contributed by atoms with Crippen molar-refractivity contribution in [3.05, 3.63) is 96.8 Å². The Morgan fingerprint density at radius 1 is 0.778 bits per heavy atom. The van der Waals surface area contributed by atoms with Gasteiger partial charge in [0, 0.05) is 11.6 Å². The first-order valence-electron chi connectivity index (χ1n) is 8.59. The second kappa shape index (κ2) is 9.25. The Morgan fingerprint density at radius 2 is 1.41 bits per heavy atom. The zero-order valence-electron chi connectivity index (χ0n) is 15.3. The molecule has 0 aliphatic carbocycles. The quantitative estimate of drug-likeness (QED) is 0.318. The molecule has 0 atom stereocenters. The minimum atomic E-state index is 0.449. The van der Waals surface area contributed by atoms with Crippen LogP contribution in [0.15, 0.2) is 102 Å². The summed E-state index contributed by atoms with van der Waals surface area (Å²) in [7, 11) is 1.62. The van der Waals surface area contributed by atoms with Crippen LogP contribution in [0.2, 0.25) is 0 Å². The molecule has 0 unspecified atom stereocenters. The Hall–Kier alpha value is -3.53.